The molecule has 0 saturated carbocycles. The van der Waals surface area contributed by atoms with Gasteiger partial charge in [-0.3, -0.25) is 10.1 Å². The fourth-order valence-corrected chi connectivity index (χ4v) is 4.24. The van der Waals surface area contributed by atoms with Crippen LogP contribution >= 0.6 is 23.5 Å². The fourth-order valence-electron chi connectivity index (χ4n) is 1.62. The van der Waals surface area contributed by atoms with Crippen molar-refractivity contribution in [3.05, 3.63) is 16.3 Å². The Labute approximate surface area is 119 Å². The Hall–Kier alpha value is -1.22. The lowest BCUT2D eigenvalue weighted by Gasteiger charge is -2.21. The molecule has 1 unspecified atom stereocenters. The number of aromatic nitrogens is 2. The Morgan fingerprint density at radius 2 is 2.42 bits per heavy atom. The Balaban J connectivity index is 2.06. The topological polar surface area (TPSA) is 93.0 Å². The summed E-state index contributed by atoms with van der Waals surface area (Å²) in [4.78, 5) is 18.4. The van der Waals surface area contributed by atoms with Crippen molar-refractivity contribution in [2.24, 2.45) is 0 Å². The second-order valence-corrected chi connectivity index (χ2v) is 6.44. The SMILES string of the molecule is CNc1ncc([N+](=O)[O-])c(NCC2CSCCS2)n1. The van der Waals surface area contributed by atoms with Gasteiger partial charge in [-0.1, -0.05) is 0 Å². The van der Waals surface area contributed by atoms with Crippen LogP contribution in [0.4, 0.5) is 17.5 Å². The van der Waals surface area contributed by atoms with E-state index in [1.165, 1.54) is 11.9 Å². The number of nitrogens with one attached hydrogen (secondary N) is 2. The van der Waals surface area contributed by atoms with E-state index in [2.05, 4.69) is 20.6 Å². The van der Waals surface area contributed by atoms with Crippen LogP contribution < -0.4 is 10.6 Å². The molecule has 0 radical (unpaired) electrons. The predicted octanol–water partition coefficient (Wildman–Crippen LogP) is 1.69. The van der Waals surface area contributed by atoms with Gasteiger partial charge in [0.15, 0.2) is 0 Å². The van der Waals surface area contributed by atoms with Crippen LogP contribution in [0.1, 0.15) is 0 Å². The summed E-state index contributed by atoms with van der Waals surface area (Å²) < 4.78 is 0. The van der Waals surface area contributed by atoms with Gasteiger partial charge in [0.25, 0.3) is 0 Å². The van der Waals surface area contributed by atoms with E-state index in [-0.39, 0.29) is 11.5 Å². The molecule has 2 heterocycles. The first kappa shape index (κ1) is 14.2. The average molecular weight is 301 g/mol. The predicted molar refractivity (Wildman–Crippen MR) is 80.3 cm³/mol. The minimum Gasteiger partial charge on any atom is -0.363 e. The first-order valence-electron chi connectivity index (χ1n) is 5.83. The normalized spacial score (nSPS) is 18.9. The summed E-state index contributed by atoms with van der Waals surface area (Å²) in [6.07, 6.45) is 1.23. The number of nitrogens with zero attached hydrogens (tertiary/aromatic N) is 3. The molecule has 1 aromatic rings. The second kappa shape index (κ2) is 6.80. The lowest BCUT2D eigenvalue weighted by molar-refractivity contribution is -0.384. The number of rotatable bonds is 5. The average Bonchev–Trinajstić information content (AvgIpc) is 2.45. The third-order valence-corrected chi connectivity index (χ3v) is 5.42. The molecule has 1 saturated heterocycles. The van der Waals surface area contributed by atoms with Gasteiger partial charge in [0.2, 0.25) is 11.8 Å². The highest BCUT2D eigenvalue weighted by Gasteiger charge is 2.19. The standard InChI is InChI=1S/C10H15N5O2S2/c1-11-10-13-5-8(15(16)17)9(14-10)12-4-7-6-18-2-3-19-7/h5,7H,2-4,6H2,1H3,(H2,11,12,13,14). The molecule has 0 spiro atoms. The highest BCUT2D eigenvalue weighted by molar-refractivity contribution is 8.06. The van der Waals surface area contributed by atoms with Crippen molar-refractivity contribution in [1.82, 2.24) is 9.97 Å². The summed E-state index contributed by atoms with van der Waals surface area (Å²) in [6, 6.07) is 0. The number of hydrogen-bond acceptors (Lipinski definition) is 8. The van der Waals surface area contributed by atoms with Crippen LogP contribution in [0.15, 0.2) is 6.20 Å². The number of nitro groups is 1. The van der Waals surface area contributed by atoms with Gasteiger partial charge in [-0.05, 0) is 0 Å². The van der Waals surface area contributed by atoms with Gasteiger partial charge in [0.05, 0.1) is 4.92 Å². The summed E-state index contributed by atoms with van der Waals surface area (Å²) >= 11 is 3.81. The van der Waals surface area contributed by atoms with Crippen molar-refractivity contribution in [2.45, 2.75) is 5.25 Å². The minimum absolute atomic E-state index is 0.0903. The molecular formula is C10H15N5O2S2. The maximum Gasteiger partial charge on any atom is 0.329 e. The maximum absolute atomic E-state index is 10.9. The van der Waals surface area contributed by atoms with Gasteiger partial charge in [-0.25, -0.2) is 4.98 Å². The van der Waals surface area contributed by atoms with Crippen LogP contribution in [0.3, 0.4) is 0 Å². The van der Waals surface area contributed by atoms with Gasteiger partial charge in [0, 0.05) is 36.1 Å². The van der Waals surface area contributed by atoms with Crippen molar-refractivity contribution in [1.29, 1.82) is 0 Å². The zero-order valence-electron chi connectivity index (χ0n) is 10.5. The van der Waals surface area contributed by atoms with Crippen LogP contribution in [0.5, 0.6) is 0 Å². The molecule has 9 heteroatoms. The molecule has 1 aliphatic heterocycles. The first-order valence-corrected chi connectivity index (χ1v) is 8.03. The van der Waals surface area contributed by atoms with Crippen molar-refractivity contribution in [3.63, 3.8) is 0 Å². The van der Waals surface area contributed by atoms with Gasteiger partial charge in [-0.15, -0.1) is 0 Å². The van der Waals surface area contributed by atoms with E-state index in [0.29, 0.717) is 17.7 Å². The van der Waals surface area contributed by atoms with E-state index in [4.69, 9.17) is 0 Å². The number of hydrogen-bond donors (Lipinski definition) is 2. The summed E-state index contributed by atoms with van der Waals surface area (Å²) in [5.41, 5.74) is -0.0903. The summed E-state index contributed by atoms with van der Waals surface area (Å²) in [6.45, 7) is 0.679. The van der Waals surface area contributed by atoms with E-state index < -0.39 is 4.92 Å². The molecule has 0 amide bonds. The number of anilines is 2. The van der Waals surface area contributed by atoms with E-state index in [0.717, 1.165) is 11.5 Å². The highest BCUT2D eigenvalue weighted by atomic mass is 32.2. The summed E-state index contributed by atoms with van der Waals surface area (Å²) in [7, 11) is 1.68. The zero-order chi connectivity index (χ0) is 13.7. The van der Waals surface area contributed by atoms with Gasteiger partial charge in [-0.2, -0.15) is 28.5 Å². The first-order chi connectivity index (χ1) is 9.20. The van der Waals surface area contributed by atoms with Crippen LogP contribution in [0.25, 0.3) is 0 Å². The Kier molecular flexibility index (Phi) is 5.08. The molecule has 1 aromatic heterocycles. The van der Waals surface area contributed by atoms with Crippen molar-refractivity contribution in [3.8, 4) is 0 Å². The molecule has 7 nitrogen and oxygen atoms in total. The molecule has 1 fully saturated rings. The molecule has 2 rings (SSSR count). The van der Waals surface area contributed by atoms with Gasteiger partial charge >= 0.3 is 5.69 Å². The van der Waals surface area contributed by atoms with Gasteiger partial charge < -0.3 is 10.6 Å². The molecule has 19 heavy (non-hydrogen) atoms. The smallest absolute Gasteiger partial charge is 0.329 e. The highest BCUT2D eigenvalue weighted by Crippen LogP contribution is 2.26. The van der Waals surface area contributed by atoms with Crippen molar-refractivity contribution < 1.29 is 4.92 Å². The van der Waals surface area contributed by atoms with E-state index in [1.807, 2.05) is 23.5 Å². The van der Waals surface area contributed by atoms with E-state index in [9.17, 15) is 10.1 Å². The Morgan fingerprint density at radius 3 is 3.05 bits per heavy atom. The largest absolute Gasteiger partial charge is 0.363 e. The van der Waals surface area contributed by atoms with Crippen molar-refractivity contribution in [2.75, 3.05) is 41.5 Å². The second-order valence-electron chi connectivity index (χ2n) is 3.88. The number of thioether (sulfide) groups is 2. The van der Waals surface area contributed by atoms with Crippen LogP contribution in [0, 0.1) is 10.1 Å². The molecule has 104 valence electrons. The quantitative estimate of drug-likeness (QED) is 0.627. The fraction of sp³-hybridized carbons (Fsp3) is 0.600. The molecular weight excluding hydrogens is 286 g/mol. The Morgan fingerprint density at radius 1 is 1.58 bits per heavy atom. The molecule has 0 bridgehead atoms. The van der Waals surface area contributed by atoms with Crippen LogP contribution in [-0.4, -0.2) is 51.0 Å². The van der Waals surface area contributed by atoms with Crippen LogP contribution in [0.2, 0.25) is 0 Å². The zero-order valence-corrected chi connectivity index (χ0v) is 12.1. The molecule has 0 aromatic carbocycles. The summed E-state index contributed by atoms with van der Waals surface area (Å²) in [5, 5.41) is 17.2. The van der Waals surface area contributed by atoms with E-state index >= 15 is 0 Å². The molecule has 0 aliphatic carbocycles. The van der Waals surface area contributed by atoms with E-state index in [1.54, 1.807) is 7.05 Å². The molecule has 1 atom stereocenters. The van der Waals surface area contributed by atoms with Gasteiger partial charge in [0.1, 0.15) is 6.20 Å². The van der Waals surface area contributed by atoms with Crippen molar-refractivity contribution >= 4 is 41.0 Å². The lowest BCUT2D eigenvalue weighted by Crippen LogP contribution is -2.24. The lowest BCUT2D eigenvalue weighted by atomic mass is 10.4. The maximum atomic E-state index is 10.9. The third-order valence-electron chi connectivity index (χ3n) is 2.57. The minimum atomic E-state index is -0.468. The monoisotopic (exact) mass is 301 g/mol. The molecule has 2 N–H and O–H groups in total. The third kappa shape index (κ3) is 3.87. The summed E-state index contributed by atoms with van der Waals surface area (Å²) in [5.74, 6) is 4.03. The molecule has 1 aliphatic rings. The Bertz CT molecular complexity index is 454. The van der Waals surface area contributed by atoms with Crippen LogP contribution in [-0.2, 0) is 0 Å².